The number of thioether (sulfide) groups is 1. The van der Waals surface area contributed by atoms with Crippen molar-refractivity contribution < 1.29 is 14.0 Å². The topological polar surface area (TPSA) is 40.6 Å². The van der Waals surface area contributed by atoms with Crippen LogP contribution >= 0.6 is 11.8 Å². The van der Waals surface area contributed by atoms with Crippen LogP contribution in [0.15, 0.2) is 47.4 Å². The zero-order chi connectivity index (χ0) is 23.0. The molecule has 2 amide bonds. The van der Waals surface area contributed by atoms with E-state index in [0.717, 1.165) is 41.6 Å². The molecule has 0 spiro atoms. The lowest BCUT2D eigenvalue weighted by molar-refractivity contribution is -0.123. The zero-order valence-electron chi connectivity index (χ0n) is 19.0. The van der Waals surface area contributed by atoms with Gasteiger partial charge in [0.15, 0.2) is 0 Å². The minimum Gasteiger partial charge on any atom is -0.366 e. The van der Waals surface area contributed by atoms with E-state index < -0.39 is 5.82 Å². The number of nitrogens with zero attached hydrogens (tertiary/aromatic N) is 2. The van der Waals surface area contributed by atoms with Crippen molar-refractivity contribution >= 4 is 34.7 Å². The molecular weight excluding hydrogens is 423 g/mol. The summed E-state index contributed by atoms with van der Waals surface area (Å²) >= 11 is 0.914. The number of amides is 2. The van der Waals surface area contributed by atoms with Crippen LogP contribution in [0.4, 0.5) is 14.9 Å². The summed E-state index contributed by atoms with van der Waals surface area (Å²) in [5, 5.41) is -0.369. The highest BCUT2D eigenvalue weighted by molar-refractivity contribution is 8.18. The van der Waals surface area contributed by atoms with Crippen LogP contribution in [-0.4, -0.2) is 28.1 Å². The molecule has 1 fully saturated rings. The quantitative estimate of drug-likeness (QED) is 0.482. The maximum absolute atomic E-state index is 14.0. The van der Waals surface area contributed by atoms with E-state index in [2.05, 4.69) is 44.7 Å². The highest BCUT2D eigenvalue weighted by Crippen LogP contribution is 2.44. The van der Waals surface area contributed by atoms with Gasteiger partial charge in [0.1, 0.15) is 5.82 Å². The number of hydrogen-bond acceptors (Lipinski definition) is 4. The van der Waals surface area contributed by atoms with Crippen molar-refractivity contribution in [3.8, 4) is 0 Å². The molecular formula is C26H29FN2O2S. The molecule has 0 bridgehead atoms. The predicted molar refractivity (Wildman–Crippen MR) is 129 cm³/mol. The Morgan fingerprint density at radius 3 is 2.66 bits per heavy atom. The van der Waals surface area contributed by atoms with Crippen LogP contribution in [0.3, 0.4) is 0 Å². The summed E-state index contributed by atoms with van der Waals surface area (Å²) in [5.41, 5.74) is 3.86. The number of hydrogen-bond donors (Lipinski definition) is 0. The van der Waals surface area contributed by atoms with Gasteiger partial charge in [0, 0.05) is 23.3 Å². The first-order valence-electron chi connectivity index (χ1n) is 11.1. The van der Waals surface area contributed by atoms with Crippen LogP contribution < -0.4 is 4.90 Å². The summed E-state index contributed by atoms with van der Waals surface area (Å²) in [4.78, 5) is 29.3. The van der Waals surface area contributed by atoms with Gasteiger partial charge in [-0.25, -0.2) is 4.39 Å². The number of fused-ring (bicyclic) bond motifs is 1. The number of anilines is 1. The number of carbonyl (C=O) groups is 2. The first kappa shape index (κ1) is 22.6. The molecule has 0 radical (unpaired) electrons. The first-order valence-corrected chi connectivity index (χ1v) is 11.9. The van der Waals surface area contributed by atoms with Crippen LogP contribution in [0, 0.1) is 5.82 Å². The van der Waals surface area contributed by atoms with Gasteiger partial charge in [-0.15, -0.1) is 0 Å². The Morgan fingerprint density at radius 2 is 1.94 bits per heavy atom. The fraction of sp³-hybridized carbons (Fsp3) is 0.385. The molecule has 4 rings (SSSR count). The summed E-state index contributed by atoms with van der Waals surface area (Å²) < 4.78 is 14.0. The summed E-state index contributed by atoms with van der Waals surface area (Å²) in [5.74, 6) is -0.390. The maximum Gasteiger partial charge on any atom is 0.293 e. The third-order valence-corrected chi connectivity index (χ3v) is 7.22. The highest BCUT2D eigenvalue weighted by Gasteiger charge is 2.37. The summed E-state index contributed by atoms with van der Waals surface area (Å²) in [7, 11) is 0. The lowest BCUT2D eigenvalue weighted by Gasteiger charge is -2.47. The van der Waals surface area contributed by atoms with Crippen molar-refractivity contribution in [3.05, 3.63) is 69.9 Å². The highest BCUT2D eigenvalue weighted by atomic mass is 32.2. The Balaban J connectivity index is 1.61. The number of halogens is 1. The lowest BCUT2D eigenvalue weighted by atomic mass is 9.79. The van der Waals surface area contributed by atoms with Crippen molar-refractivity contribution in [2.75, 3.05) is 11.4 Å². The van der Waals surface area contributed by atoms with E-state index in [1.54, 1.807) is 24.3 Å². The second kappa shape index (κ2) is 8.74. The smallest absolute Gasteiger partial charge is 0.293 e. The van der Waals surface area contributed by atoms with Crippen molar-refractivity contribution in [1.82, 2.24) is 4.90 Å². The molecule has 2 aliphatic heterocycles. The molecule has 4 nitrogen and oxygen atoms in total. The monoisotopic (exact) mass is 452 g/mol. The van der Waals surface area contributed by atoms with Gasteiger partial charge < -0.3 is 4.90 Å². The fourth-order valence-electron chi connectivity index (χ4n) is 4.83. The van der Waals surface area contributed by atoms with Gasteiger partial charge in [-0.05, 0) is 79.8 Å². The van der Waals surface area contributed by atoms with E-state index in [9.17, 15) is 14.0 Å². The second-order valence-electron chi connectivity index (χ2n) is 9.25. The Labute approximate surface area is 193 Å². The number of carbonyl (C=O) groups excluding carboxylic acids is 2. The van der Waals surface area contributed by atoms with Crippen molar-refractivity contribution in [2.24, 2.45) is 0 Å². The lowest BCUT2D eigenvalue weighted by Crippen LogP contribution is -2.48. The number of benzene rings is 2. The molecule has 2 aliphatic rings. The van der Waals surface area contributed by atoms with Crippen LogP contribution in [-0.2, 0) is 11.3 Å². The van der Waals surface area contributed by atoms with Crippen LogP contribution in [0.2, 0.25) is 0 Å². The van der Waals surface area contributed by atoms with Gasteiger partial charge in [-0.1, -0.05) is 38.1 Å². The second-order valence-corrected chi connectivity index (χ2v) is 10.2. The number of rotatable bonds is 5. The van der Waals surface area contributed by atoms with Crippen molar-refractivity contribution in [1.29, 1.82) is 0 Å². The van der Waals surface area contributed by atoms with Gasteiger partial charge in [0.2, 0.25) is 0 Å². The molecule has 168 valence electrons. The largest absolute Gasteiger partial charge is 0.366 e. The molecule has 1 unspecified atom stereocenters. The molecule has 2 heterocycles. The standard InChI is InChI=1S/C26H29FN2O2S/c1-5-12-29-22-11-10-18(13-20(22)17(2)15-26(29,3)4)14-23-24(30)28(25(31)32-23)16-19-8-6-7-9-21(19)27/h6-11,13-14,17H,5,12,15-16H2,1-4H3/b23-14+. The molecule has 1 saturated heterocycles. The Morgan fingerprint density at radius 1 is 1.19 bits per heavy atom. The fourth-order valence-corrected chi connectivity index (χ4v) is 5.67. The number of imide groups is 1. The minimum atomic E-state index is -0.418. The summed E-state index contributed by atoms with van der Waals surface area (Å²) in [6.07, 6.45) is 3.92. The predicted octanol–water partition coefficient (Wildman–Crippen LogP) is 6.56. The third-order valence-electron chi connectivity index (χ3n) is 6.31. The van der Waals surface area contributed by atoms with Gasteiger partial charge in [-0.2, -0.15) is 0 Å². The average molecular weight is 453 g/mol. The van der Waals surface area contributed by atoms with E-state index in [-0.39, 0.29) is 23.2 Å². The molecule has 32 heavy (non-hydrogen) atoms. The molecule has 2 aromatic rings. The van der Waals surface area contributed by atoms with E-state index in [0.29, 0.717) is 16.4 Å². The van der Waals surface area contributed by atoms with Crippen molar-refractivity contribution in [2.45, 2.75) is 58.5 Å². The van der Waals surface area contributed by atoms with E-state index in [1.165, 1.54) is 17.3 Å². The Bertz CT molecular complexity index is 1090. The van der Waals surface area contributed by atoms with Crippen LogP contribution in [0.5, 0.6) is 0 Å². The third kappa shape index (κ3) is 4.20. The zero-order valence-corrected chi connectivity index (χ0v) is 19.8. The Kier molecular flexibility index (Phi) is 6.17. The van der Waals surface area contributed by atoms with Crippen molar-refractivity contribution in [3.63, 3.8) is 0 Å². The van der Waals surface area contributed by atoms with E-state index in [1.807, 2.05) is 6.07 Å². The normalized spacial score (nSPS) is 21.4. The molecule has 0 aliphatic carbocycles. The minimum absolute atomic E-state index is 0.0586. The van der Waals surface area contributed by atoms with Crippen LogP contribution in [0.25, 0.3) is 6.08 Å². The molecule has 1 atom stereocenters. The SMILES string of the molecule is CCCN1c2ccc(/C=C3/SC(=O)N(Cc4ccccc4F)C3=O)cc2C(C)CC1(C)C. The Hall–Kier alpha value is -2.60. The first-order chi connectivity index (χ1) is 15.2. The van der Waals surface area contributed by atoms with E-state index >= 15 is 0 Å². The summed E-state index contributed by atoms with van der Waals surface area (Å²) in [6, 6.07) is 12.5. The molecule has 2 aromatic carbocycles. The van der Waals surface area contributed by atoms with Gasteiger partial charge in [0.25, 0.3) is 11.1 Å². The molecule has 0 N–H and O–H groups in total. The van der Waals surface area contributed by atoms with Gasteiger partial charge in [0.05, 0.1) is 11.4 Å². The molecule has 6 heteroatoms. The molecule has 0 aromatic heterocycles. The van der Waals surface area contributed by atoms with Crippen LogP contribution in [0.1, 0.15) is 63.1 Å². The van der Waals surface area contributed by atoms with E-state index in [4.69, 9.17) is 0 Å². The summed E-state index contributed by atoms with van der Waals surface area (Å²) in [6.45, 7) is 9.97. The maximum atomic E-state index is 14.0. The van der Waals surface area contributed by atoms with Gasteiger partial charge in [-0.3, -0.25) is 14.5 Å². The molecule has 0 saturated carbocycles. The average Bonchev–Trinajstić information content (AvgIpc) is 3.00. The van der Waals surface area contributed by atoms with Gasteiger partial charge >= 0.3 is 0 Å².